The zero-order chi connectivity index (χ0) is 20.9. The standard InChI is InChI=1S/C23H24N2O4/c1-23(2,3)29-20(26)13-15-25-22(27)17-9-11-18(12-10-17)28-19-8-4-6-16-7-5-14-24-21(16)19/h4-12,14H,13,15H2,1-3H3,(H,25,27). The van der Waals surface area contributed by atoms with Crippen LogP contribution in [-0.4, -0.2) is 29.0 Å². The van der Waals surface area contributed by atoms with Crippen molar-refractivity contribution in [2.24, 2.45) is 0 Å². The van der Waals surface area contributed by atoms with Crippen LogP contribution in [0.15, 0.2) is 60.8 Å². The number of carbonyl (C=O) groups is 2. The Labute approximate surface area is 169 Å². The summed E-state index contributed by atoms with van der Waals surface area (Å²) in [4.78, 5) is 28.3. The molecule has 0 unspecified atom stereocenters. The minimum Gasteiger partial charge on any atom is -0.460 e. The van der Waals surface area contributed by atoms with Crippen LogP contribution < -0.4 is 10.1 Å². The molecule has 1 amide bonds. The Morgan fingerprint density at radius 1 is 1.00 bits per heavy atom. The van der Waals surface area contributed by atoms with Crippen molar-refractivity contribution in [1.82, 2.24) is 10.3 Å². The first kappa shape index (κ1) is 20.3. The molecule has 1 aromatic heterocycles. The first-order chi connectivity index (χ1) is 13.8. The van der Waals surface area contributed by atoms with Gasteiger partial charge in [-0.1, -0.05) is 18.2 Å². The highest BCUT2D eigenvalue weighted by Gasteiger charge is 2.16. The lowest BCUT2D eigenvalue weighted by Gasteiger charge is -2.19. The van der Waals surface area contributed by atoms with Crippen LogP contribution in [0.3, 0.4) is 0 Å². The van der Waals surface area contributed by atoms with Crippen LogP contribution in [0.25, 0.3) is 10.9 Å². The number of nitrogens with zero attached hydrogens (tertiary/aromatic N) is 1. The molecule has 0 saturated carbocycles. The molecule has 0 atom stereocenters. The first-order valence-electron chi connectivity index (χ1n) is 9.43. The van der Waals surface area contributed by atoms with Gasteiger partial charge in [0.1, 0.15) is 16.9 Å². The Kier molecular flexibility index (Phi) is 6.12. The third kappa shape index (κ3) is 5.78. The van der Waals surface area contributed by atoms with E-state index in [4.69, 9.17) is 9.47 Å². The third-order valence-corrected chi connectivity index (χ3v) is 3.97. The van der Waals surface area contributed by atoms with E-state index in [0.29, 0.717) is 17.1 Å². The van der Waals surface area contributed by atoms with Crippen molar-refractivity contribution in [3.8, 4) is 11.5 Å². The van der Waals surface area contributed by atoms with Gasteiger partial charge in [0.2, 0.25) is 0 Å². The number of aromatic nitrogens is 1. The van der Waals surface area contributed by atoms with Gasteiger partial charge in [-0.3, -0.25) is 14.6 Å². The Morgan fingerprint density at radius 3 is 2.45 bits per heavy atom. The van der Waals surface area contributed by atoms with E-state index in [1.807, 2.05) is 30.3 Å². The van der Waals surface area contributed by atoms with E-state index in [2.05, 4.69) is 10.3 Å². The summed E-state index contributed by atoms with van der Waals surface area (Å²) in [5.41, 5.74) is 0.729. The summed E-state index contributed by atoms with van der Waals surface area (Å²) >= 11 is 0. The van der Waals surface area contributed by atoms with E-state index in [9.17, 15) is 9.59 Å². The van der Waals surface area contributed by atoms with Gasteiger partial charge in [0, 0.05) is 23.7 Å². The predicted molar refractivity (Wildman–Crippen MR) is 111 cm³/mol. The van der Waals surface area contributed by atoms with Crippen LogP contribution in [0, 0.1) is 0 Å². The quantitative estimate of drug-likeness (QED) is 0.626. The number of carbonyl (C=O) groups excluding carboxylic acids is 2. The average Bonchev–Trinajstić information content (AvgIpc) is 2.67. The molecule has 0 spiro atoms. The average molecular weight is 392 g/mol. The highest BCUT2D eigenvalue weighted by atomic mass is 16.6. The number of hydrogen-bond acceptors (Lipinski definition) is 5. The van der Waals surface area contributed by atoms with Gasteiger partial charge < -0.3 is 14.8 Å². The molecule has 1 N–H and O–H groups in total. The number of nitrogens with one attached hydrogen (secondary N) is 1. The summed E-state index contributed by atoms with van der Waals surface area (Å²) in [5.74, 6) is 0.656. The van der Waals surface area contributed by atoms with Crippen LogP contribution >= 0.6 is 0 Å². The molecular weight excluding hydrogens is 368 g/mol. The number of benzene rings is 2. The smallest absolute Gasteiger partial charge is 0.308 e. The molecule has 3 rings (SSSR count). The fraction of sp³-hybridized carbons (Fsp3) is 0.261. The van der Waals surface area contributed by atoms with Gasteiger partial charge in [0.15, 0.2) is 5.75 Å². The summed E-state index contributed by atoms with van der Waals surface area (Å²) in [6.07, 6.45) is 1.85. The van der Waals surface area contributed by atoms with E-state index >= 15 is 0 Å². The molecule has 0 aliphatic rings. The molecule has 6 heteroatoms. The molecular formula is C23H24N2O4. The van der Waals surface area contributed by atoms with Crippen LogP contribution in [0.2, 0.25) is 0 Å². The highest BCUT2D eigenvalue weighted by molar-refractivity contribution is 5.94. The molecule has 0 radical (unpaired) electrons. The van der Waals surface area contributed by atoms with E-state index in [1.54, 1.807) is 51.2 Å². The van der Waals surface area contributed by atoms with Gasteiger partial charge in [0.05, 0.1) is 6.42 Å². The molecule has 3 aromatic rings. The van der Waals surface area contributed by atoms with Crippen LogP contribution in [-0.2, 0) is 9.53 Å². The largest absolute Gasteiger partial charge is 0.460 e. The second-order valence-electron chi connectivity index (χ2n) is 7.55. The van der Waals surface area contributed by atoms with E-state index in [0.717, 1.165) is 10.9 Å². The van der Waals surface area contributed by atoms with Crippen molar-refractivity contribution in [2.45, 2.75) is 32.8 Å². The Bertz CT molecular complexity index is 1000. The van der Waals surface area contributed by atoms with E-state index < -0.39 is 5.60 Å². The SMILES string of the molecule is CC(C)(C)OC(=O)CCNC(=O)c1ccc(Oc2cccc3cccnc23)cc1. The van der Waals surface area contributed by atoms with Crippen LogP contribution in [0.1, 0.15) is 37.6 Å². The van der Waals surface area contributed by atoms with Crippen LogP contribution in [0.5, 0.6) is 11.5 Å². The van der Waals surface area contributed by atoms with Crippen molar-refractivity contribution in [3.63, 3.8) is 0 Å². The lowest BCUT2D eigenvalue weighted by atomic mass is 10.2. The highest BCUT2D eigenvalue weighted by Crippen LogP contribution is 2.28. The number of esters is 1. The van der Waals surface area contributed by atoms with Crippen molar-refractivity contribution in [1.29, 1.82) is 0 Å². The molecule has 0 aliphatic heterocycles. The van der Waals surface area contributed by atoms with Gasteiger partial charge in [-0.2, -0.15) is 0 Å². The second kappa shape index (κ2) is 8.73. The number of ether oxygens (including phenoxy) is 2. The molecule has 0 saturated heterocycles. The second-order valence-corrected chi connectivity index (χ2v) is 7.55. The molecule has 6 nitrogen and oxygen atoms in total. The number of fused-ring (bicyclic) bond motifs is 1. The van der Waals surface area contributed by atoms with Crippen molar-refractivity contribution >= 4 is 22.8 Å². The maximum Gasteiger partial charge on any atom is 0.308 e. The maximum atomic E-state index is 12.2. The van der Waals surface area contributed by atoms with Gasteiger partial charge in [0.25, 0.3) is 5.91 Å². The minimum absolute atomic E-state index is 0.123. The maximum absolute atomic E-state index is 12.2. The predicted octanol–water partition coefficient (Wildman–Crippen LogP) is 4.49. The molecule has 150 valence electrons. The lowest BCUT2D eigenvalue weighted by molar-refractivity contribution is -0.154. The summed E-state index contributed by atoms with van der Waals surface area (Å²) in [5, 5.41) is 3.71. The molecule has 1 heterocycles. The van der Waals surface area contributed by atoms with Gasteiger partial charge in [-0.05, 0) is 57.2 Å². The number of rotatable bonds is 6. The minimum atomic E-state index is -0.531. The Balaban J connectivity index is 1.57. The summed E-state index contributed by atoms with van der Waals surface area (Å²) < 4.78 is 11.1. The van der Waals surface area contributed by atoms with Gasteiger partial charge in [-0.25, -0.2) is 0 Å². The summed E-state index contributed by atoms with van der Waals surface area (Å²) in [6, 6.07) is 16.4. The molecule has 0 fully saturated rings. The Hall–Kier alpha value is -3.41. The normalized spacial score (nSPS) is 11.1. The number of hydrogen-bond donors (Lipinski definition) is 1. The zero-order valence-electron chi connectivity index (χ0n) is 16.8. The summed E-state index contributed by atoms with van der Waals surface area (Å²) in [6.45, 7) is 5.64. The molecule has 0 aliphatic carbocycles. The van der Waals surface area contributed by atoms with Crippen molar-refractivity contribution in [2.75, 3.05) is 6.54 Å². The monoisotopic (exact) mass is 392 g/mol. The van der Waals surface area contributed by atoms with E-state index in [-0.39, 0.29) is 24.8 Å². The number of para-hydroxylation sites is 1. The summed E-state index contributed by atoms with van der Waals surface area (Å²) in [7, 11) is 0. The number of pyridine rings is 1. The van der Waals surface area contributed by atoms with Crippen molar-refractivity contribution < 1.29 is 19.1 Å². The van der Waals surface area contributed by atoms with E-state index in [1.165, 1.54) is 0 Å². The number of amides is 1. The molecule has 0 bridgehead atoms. The van der Waals surface area contributed by atoms with Crippen LogP contribution in [0.4, 0.5) is 0 Å². The molecule has 29 heavy (non-hydrogen) atoms. The zero-order valence-corrected chi connectivity index (χ0v) is 16.8. The third-order valence-electron chi connectivity index (χ3n) is 3.97. The van der Waals surface area contributed by atoms with Gasteiger partial charge >= 0.3 is 5.97 Å². The first-order valence-corrected chi connectivity index (χ1v) is 9.43. The molecule has 2 aromatic carbocycles. The Morgan fingerprint density at radius 2 is 1.72 bits per heavy atom. The van der Waals surface area contributed by atoms with Crippen molar-refractivity contribution in [3.05, 3.63) is 66.4 Å². The van der Waals surface area contributed by atoms with Gasteiger partial charge in [-0.15, -0.1) is 0 Å². The lowest BCUT2D eigenvalue weighted by Crippen LogP contribution is -2.29. The topological polar surface area (TPSA) is 77.5 Å². The fourth-order valence-electron chi connectivity index (χ4n) is 2.73. The fourth-order valence-corrected chi connectivity index (χ4v) is 2.73.